The van der Waals surface area contributed by atoms with Gasteiger partial charge in [0.25, 0.3) is 5.91 Å². The van der Waals surface area contributed by atoms with Crippen LogP contribution in [0.5, 0.6) is 0 Å². The van der Waals surface area contributed by atoms with Gasteiger partial charge in [-0.1, -0.05) is 23.4 Å². The van der Waals surface area contributed by atoms with Crippen molar-refractivity contribution in [3.05, 3.63) is 66.4 Å². The lowest BCUT2D eigenvalue weighted by atomic mass is 10.2. The Morgan fingerprint density at radius 2 is 1.95 bits per heavy atom. The van der Waals surface area contributed by atoms with Gasteiger partial charge in [0.05, 0.1) is 23.6 Å². The SMILES string of the molecule is O=C(Nc1cnnn1-c1ccccc1)c1ccncc1F. The van der Waals surface area contributed by atoms with Crippen LogP contribution >= 0.6 is 0 Å². The van der Waals surface area contributed by atoms with Crippen LogP contribution in [0.15, 0.2) is 55.0 Å². The van der Waals surface area contributed by atoms with Crippen molar-refractivity contribution in [2.75, 3.05) is 5.32 Å². The van der Waals surface area contributed by atoms with Crippen LogP contribution in [0.3, 0.4) is 0 Å². The van der Waals surface area contributed by atoms with Gasteiger partial charge >= 0.3 is 0 Å². The number of carbonyl (C=O) groups excluding carboxylic acids is 1. The Labute approximate surface area is 119 Å². The number of nitrogens with one attached hydrogen (secondary N) is 1. The van der Waals surface area contributed by atoms with Gasteiger partial charge in [0.1, 0.15) is 0 Å². The highest BCUT2D eigenvalue weighted by atomic mass is 19.1. The van der Waals surface area contributed by atoms with E-state index in [2.05, 4.69) is 20.6 Å². The van der Waals surface area contributed by atoms with Crippen molar-refractivity contribution in [2.24, 2.45) is 0 Å². The van der Waals surface area contributed by atoms with E-state index in [1.807, 2.05) is 30.3 Å². The Hall–Kier alpha value is -3.09. The molecule has 104 valence electrons. The summed E-state index contributed by atoms with van der Waals surface area (Å²) in [5.41, 5.74) is 0.645. The monoisotopic (exact) mass is 283 g/mol. The van der Waals surface area contributed by atoms with Gasteiger partial charge in [-0.15, -0.1) is 5.10 Å². The highest BCUT2D eigenvalue weighted by Crippen LogP contribution is 2.14. The molecule has 0 atom stereocenters. The van der Waals surface area contributed by atoms with Crippen LogP contribution in [0, 0.1) is 5.82 Å². The molecule has 1 amide bonds. The highest BCUT2D eigenvalue weighted by Gasteiger charge is 2.14. The second kappa shape index (κ2) is 5.49. The zero-order valence-electron chi connectivity index (χ0n) is 10.8. The summed E-state index contributed by atoms with van der Waals surface area (Å²) in [6.45, 7) is 0. The van der Waals surface area contributed by atoms with Crippen LogP contribution < -0.4 is 5.32 Å². The topological polar surface area (TPSA) is 72.7 Å². The van der Waals surface area contributed by atoms with Crippen molar-refractivity contribution >= 4 is 11.7 Å². The summed E-state index contributed by atoms with van der Waals surface area (Å²) in [6, 6.07) is 10.5. The lowest BCUT2D eigenvalue weighted by molar-refractivity contribution is 0.102. The van der Waals surface area contributed by atoms with Crippen LogP contribution in [-0.2, 0) is 0 Å². The summed E-state index contributed by atoms with van der Waals surface area (Å²) < 4.78 is 15.0. The Bertz CT molecular complexity index is 772. The Morgan fingerprint density at radius 3 is 2.71 bits per heavy atom. The maximum Gasteiger partial charge on any atom is 0.259 e. The first-order chi connectivity index (χ1) is 10.3. The molecule has 7 heteroatoms. The molecule has 0 radical (unpaired) electrons. The van der Waals surface area contributed by atoms with Crippen LogP contribution in [0.25, 0.3) is 5.69 Å². The summed E-state index contributed by atoms with van der Waals surface area (Å²) in [7, 11) is 0. The van der Waals surface area contributed by atoms with Crippen LogP contribution in [0.4, 0.5) is 10.2 Å². The van der Waals surface area contributed by atoms with E-state index in [4.69, 9.17) is 0 Å². The van der Waals surface area contributed by atoms with Crippen LogP contribution in [-0.4, -0.2) is 25.9 Å². The molecular weight excluding hydrogens is 273 g/mol. The normalized spacial score (nSPS) is 10.3. The molecule has 0 saturated heterocycles. The first-order valence-corrected chi connectivity index (χ1v) is 6.12. The van der Waals surface area contributed by atoms with E-state index in [0.717, 1.165) is 11.9 Å². The molecule has 3 rings (SSSR count). The molecule has 0 saturated carbocycles. The molecule has 6 nitrogen and oxygen atoms in total. The molecule has 2 aromatic heterocycles. The van der Waals surface area contributed by atoms with Crippen LogP contribution in [0.1, 0.15) is 10.4 Å². The van der Waals surface area contributed by atoms with Crippen molar-refractivity contribution in [3.63, 3.8) is 0 Å². The first kappa shape index (κ1) is 12.9. The third kappa shape index (κ3) is 2.62. The van der Waals surface area contributed by atoms with Gasteiger partial charge in [0.2, 0.25) is 0 Å². The maximum atomic E-state index is 13.5. The molecule has 0 spiro atoms. The fourth-order valence-electron chi connectivity index (χ4n) is 1.82. The number of amides is 1. The standard InChI is InChI=1S/C14H10FN5O/c15-12-8-16-7-6-11(12)14(21)18-13-9-17-19-20(13)10-4-2-1-3-5-10/h1-9H,(H,18,21). The summed E-state index contributed by atoms with van der Waals surface area (Å²) in [6.07, 6.45) is 3.73. The number of pyridine rings is 1. The molecule has 0 aliphatic rings. The summed E-state index contributed by atoms with van der Waals surface area (Å²) >= 11 is 0. The number of benzene rings is 1. The molecule has 0 aliphatic heterocycles. The molecule has 0 fully saturated rings. The van der Waals surface area contributed by atoms with Crippen molar-refractivity contribution in [1.82, 2.24) is 20.0 Å². The van der Waals surface area contributed by atoms with E-state index in [1.54, 1.807) is 0 Å². The Balaban J connectivity index is 1.89. The molecule has 0 bridgehead atoms. The molecule has 21 heavy (non-hydrogen) atoms. The Kier molecular flexibility index (Phi) is 3.38. The highest BCUT2D eigenvalue weighted by molar-refractivity contribution is 6.03. The zero-order valence-corrected chi connectivity index (χ0v) is 10.8. The molecule has 1 aromatic carbocycles. The van der Waals surface area contributed by atoms with Crippen LogP contribution in [0.2, 0.25) is 0 Å². The lowest BCUT2D eigenvalue weighted by Gasteiger charge is -2.07. The van der Waals surface area contributed by atoms with E-state index < -0.39 is 11.7 Å². The summed E-state index contributed by atoms with van der Waals surface area (Å²) in [4.78, 5) is 15.7. The Morgan fingerprint density at radius 1 is 1.14 bits per heavy atom. The smallest absolute Gasteiger partial charge is 0.259 e. The third-order valence-electron chi connectivity index (χ3n) is 2.81. The molecule has 0 unspecified atom stereocenters. The van der Waals surface area contributed by atoms with Gasteiger partial charge in [0.15, 0.2) is 11.6 Å². The average Bonchev–Trinajstić information content (AvgIpc) is 2.96. The molecular formula is C14H10FN5O. The molecule has 0 aliphatic carbocycles. The summed E-state index contributed by atoms with van der Waals surface area (Å²) in [5, 5.41) is 10.2. The van der Waals surface area contributed by atoms with Gasteiger partial charge in [-0.25, -0.2) is 4.39 Å². The minimum absolute atomic E-state index is 0.0918. The number of anilines is 1. The van der Waals surface area contributed by atoms with Crippen molar-refractivity contribution in [1.29, 1.82) is 0 Å². The van der Waals surface area contributed by atoms with Gasteiger partial charge < -0.3 is 5.32 Å². The summed E-state index contributed by atoms with van der Waals surface area (Å²) in [5.74, 6) is -0.925. The number of halogens is 1. The average molecular weight is 283 g/mol. The van der Waals surface area contributed by atoms with E-state index >= 15 is 0 Å². The predicted octanol–water partition coefficient (Wildman–Crippen LogP) is 2.05. The second-order valence-electron chi connectivity index (χ2n) is 4.18. The number of hydrogen-bond acceptors (Lipinski definition) is 4. The fraction of sp³-hybridized carbons (Fsp3) is 0. The largest absolute Gasteiger partial charge is 0.305 e. The number of rotatable bonds is 3. The van der Waals surface area contributed by atoms with E-state index in [0.29, 0.717) is 5.82 Å². The number of carbonyl (C=O) groups is 1. The predicted molar refractivity (Wildman–Crippen MR) is 73.5 cm³/mol. The van der Waals surface area contributed by atoms with E-state index in [1.165, 1.54) is 23.1 Å². The van der Waals surface area contributed by atoms with Gasteiger partial charge in [-0.3, -0.25) is 9.78 Å². The zero-order chi connectivity index (χ0) is 14.7. The van der Waals surface area contributed by atoms with Crippen molar-refractivity contribution in [3.8, 4) is 5.69 Å². The van der Waals surface area contributed by atoms with Crippen molar-refractivity contribution < 1.29 is 9.18 Å². The molecule has 1 N–H and O–H groups in total. The van der Waals surface area contributed by atoms with Gasteiger partial charge in [-0.2, -0.15) is 4.68 Å². The molecule has 2 heterocycles. The van der Waals surface area contributed by atoms with E-state index in [-0.39, 0.29) is 5.56 Å². The minimum atomic E-state index is -0.686. The third-order valence-corrected chi connectivity index (χ3v) is 2.81. The second-order valence-corrected chi connectivity index (χ2v) is 4.18. The quantitative estimate of drug-likeness (QED) is 0.798. The van der Waals surface area contributed by atoms with Gasteiger partial charge in [0, 0.05) is 6.20 Å². The maximum absolute atomic E-state index is 13.5. The molecule has 3 aromatic rings. The first-order valence-electron chi connectivity index (χ1n) is 6.12. The lowest BCUT2D eigenvalue weighted by Crippen LogP contribution is -2.16. The van der Waals surface area contributed by atoms with Crippen molar-refractivity contribution in [2.45, 2.75) is 0 Å². The van der Waals surface area contributed by atoms with Gasteiger partial charge in [-0.05, 0) is 18.2 Å². The number of hydrogen-bond donors (Lipinski definition) is 1. The fourth-order valence-corrected chi connectivity index (χ4v) is 1.82. The number of para-hydroxylation sites is 1. The van der Waals surface area contributed by atoms with E-state index in [9.17, 15) is 9.18 Å². The minimum Gasteiger partial charge on any atom is -0.305 e. The number of nitrogens with zero attached hydrogens (tertiary/aromatic N) is 4. The number of aromatic nitrogens is 4.